The number of hydrogen-bond donors (Lipinski definition) is 1. The fourth-order valence-electron chi connectivity index (χ4n) is 1.69. The van der Waals surface area contributed by atoms with E-state index in [4.69, 9.17) is 0 Å². The van der Waals surface area contributed by atoms with E-state index in [0.29, 0.717) is 6.04 Å². The van der Waals surface area contributed by atoms with E-state index in [0.717, 1.165) is 18.4 Å². The Morgan fingerprint density at radius 2 is 2.23 bits per heavy atom. The van der Waals surface area contributed by atoms with Gasteiger partial charge < -0.3 is 5.32 Å². The molecule has 1 N–H and O–H groups in total. The molecule has 1 fully saturated rings. The number of amidine groups is 1. The molecule has 13 heavy (non-hydrogen) atoms. The number of thioether (sulfide) groups is 1. The molecule has 3 unspecified atom stereocenters. The van der Waals surface area contributed by atoms with Gasteiger partial charge in [-0.05, 0) is 24.7 Å². The van der Waals surface area contributed by atoms with Crippen molar-refractivity contribution in [3.63, 3.8) is 0 Å². The Labute approximate surface area is 84.6 Å². The average Bonchev–Trinajstić information content (AvgIpc) is 2.15. The molecule has 0 amide bonds. The van der Waals surface area contributed by atoms with E-state index in [1.807, 2.05) is 11.8 Å². The zero-order valence-corrected chi connectivity index (χ0v) is 9.23. The Kier molecular flexibility index (Phi) is 2.82. The maximum atomic E-state index is 4.54. The molecule has 0 aromatic rings. The van der Waals surface area contributed by atoms with E-state index in [-0.39, 0.29) is 0 Å². The normalized spacial score (nSPS) is 39.2. The number of nitrogens with zero attached hydrogens (tertiary/aromatic N) is 1. The second-order valence-corrected chi connectivity index (χ2v) is 5.38. The Hall–Kier alpha value is -0.180. The van der Waals surface area contributed by atoms with Gasteiger partial charge in [0.2, 0.25) is 0 Å². The molecular formula is C10H18N2S. The maximum Gasteiger partial charge on any atom is 0.156 e. The van der Waals surface area contributed by atoms with Gasteiger partial charge in [-0.15, -0.1) is 0 Å². The van der Waals surface area contributed by atoms with Gasteiger partial charge in [0.15, 0.2) is 5.17 Å². The minimum Gasteiger partial charge on any atom is -0.362 e. The Balaban J connectivity index is 1.81. The van der Waals surface area contributed by atoms with Gasteiger partial charge in [-0.3, -0.25) is 4.99 Å². The Bertz CT molecular complexity index is 215. The molecule has 0 radical (unpaired) electrons. The summed E-state index contributed by atoms with van der Waals surface area (Å²) >= 11 is 1.89. The molecular weight excluding hydrogens is 180 g/mol. The largest absolute Gasteiger partial charge is 0.362 e. The number of aliphatic imine (C=N–C) groups is 1. The van der Waals surface area contributed by atoms with Gasteiger partial charge in [0, 0.05) is 18.3 Å². The minimum atomic E-state index is 0.708. The fourth-order valence-corrected chi connectivity index (χ4v) is 2.63. The number of hydrogen-bond acceptors (Lipinski definition) is 3. The maximum absolute atomic E-state index is 4.54. The highest BCUT2D eigenvalue weighted by atomic mass is 32.2. The molecule has 1 aliphatic heterocycles. The third kappa shape index (κ3) is 2.19. The van der Waals surface area contributed by atoms with E-state index < -0.39 is 0 Å². The van der Waals surface area contributed by atoms with Crippen molar-refractivity contribution in [2.75, 3.05) is 12.3 Å². The molecule has 0 aromatic heterocycles. The first-order chi connectivity index (χ1) is 6.25. The van der Waals surface area contributed by atoms with Crippen LogP contribution in [0.5, 0.6) is 0 Å². The van der Waals surface area contributed by atoms with Crippen molar-refractivity contribution < 1.29 is 0 Å². The standard InChI is InChI=1S/C10H18N2S/c1-7-5-11-10(13-6-7)12-9-4-3-8(9)2/h7-9H,3-6H2,1-2H3,(H,11,12). The molecule has 3 atom stereocenters. The van der Waals surface area contributed by atoms with E-state index in [2.05, 4.69) is 24.2 Å². The average molecular weight is 198 g/mol. The van der Waals surface area contributed by atoms with Crippen LogP contribution in [-0.4, -0.2) is 23.5 Å². The van der Waals surface area contributed by atoms with E-state index in [1.165, 1.54) is 23.8 Å². The zero-order valence-electron chi connectivity index (χ0n) is 8.42. The molecule has 1 heterocycles. The lowest BCUT2D eigenvalue weighted by molar-refractivity contribution is 0.258. The van der Waals surface area contributed by atoms with Gasteiger partial charge in [0.1, 0.15) is 0 Å². The minimum absolute atomic E-state index is 0.708. The molecule has 2 aliphatic rings. The van der Waals surface area contributed by atoms with Gasteiger partial charge in [-0.25, -0.2) is 0 Å². The molecule has 2 nitrogen and oxygen atoms in total. The molecule has 1 aliphatic carbocycles. The summed E-state index contributed by atoms with van der Waals surface area (Å²) in [6.45, 7) is 5.59. The van der Waals surface area contributed by atoms with Crippen LogP contribution in [-0.2, 0) is 0 Å². The summed E-state index contributed by atoms with van der Waals surface area (Å²) in [6, 6.07) is 0.708. The summed E-state index contributed by atoms with van der Waals surface area (Å²) in [7, 11) is 0. The Morgan fingerprint density at radius 1 is 1.38 bits per heavy atom. The van der Waals surface area contributed by atoms with Gasteiger partial charge in [0.05, 0.1) is 0 Å². The predicted molar refractivity (Wildman–Crippen MR) is 59.2 cm³/mol. The van der Waals surface area contributed by atoms with Gasteiger partial charge in [-0.1, -0.05) is 25.6 Å². The van der Waals surface area contributed by atoms with Crippen LogP contribution >= 0.6 is 11.8 Å². The van der Waals surface area contributed by atoms with Crippen molar-refractivity contribution in [3.8, 4) is 0 Å². The molecule has 0 aromatic carbocycles. The fraction of sp³-hybridized carbons (Fsp3) is 0.900. The smallest absolute Gasteiger partial charge is 0.156 e. The second kappa shape index (κ2) is 3.91. The van der Waals surface area contributed by atoms with Gasteiger partial charge >= 0.3 is 0 Å². The SMILES string of the molecule is CC1CN=C(NC2CCC2C)SC1. The van der Waals surface area contributed by atoms with E-state index in [9.17, 15) is 0 Å². The summed E-state index contributed by atoms with van der Waals surface area (Å²) < 4.78 is 0. The lowest BCUT2D eigenvalue weighted by atomic mass is 9.81. The van der Waals surface area contributed by atoms with E-state index in [1.54, 1.807) is 0 Å². The van der Waals surface area contributed by atoms with Gasteiger partial charge in [-0.2, -0.15) is 0 Å². The van der Waals surface area contributed by atoms with Crippen molar-refractivity contribution in [2.24, 2.45) is 16.8 Å². The van der Waals surface area contributed by atoms with E-state index >= 15 is 0 Å². The van der Waals surface area contributed by atoms with Crippen LogP contribution in [0.2, 0.25) is 0 Å². The summed E-state index contributed by atoms with van der Waals surface area (Å²) in [5.41, 5.74) is 0. The summed E-state index contributed by atoms with van der Waals surface area (Å²) in [5, 5.41) is 4.73. The molecule has 74 valence electrons. The lowest BCUT2D eigenvalue weighted by Crippen LogP contribution is -2.45. The highest BCUT2D eigenvalue weighted by molar-refractivity contribution is 8.13. The first kappa shape index (κ1) is 9.38. The predicted octanol–water partition coefficient (Wildman–Crippen LogP) is 2.11. The zero-order chi connectivity index (χ0) is 9.26. The van der Waals surface area contributed by atoms with Crippen LogP contribution in [0.1, 0.15) is 26.7 Å². The summed E-state index contributed by atoms with van der Waals surface area (Å²) in [4.78, 5) is 4.54. The van der Waals surface area contributed by atoms with Crippen molar-refractivity contribution in [2.45, 2.75) is 32.7 Å². The topological polar surface area (TPSA) is 24.4 Å². The highest BCUT2D eigenvalue weighted by Crippen LogP contribution is 2.27. The molecule has 0 spiro atoms. The second-order valence-electron chi connectivity index (χ2n) is 4.37. The first-order valence-electron chi connectivity index (χ1n) is 5.19. The van der Waals surface area contributed by atoms with Crippen LogP contribution < -0.4 is 5.32 Å². The lowest BCUT2D eigenvalue weighted by Gasteiger charge is -2.36. The number of rotatable bonds is 1. The third-order valence-corrected chi connectivity index (χ3v) is 4.24. The molecule has 3 heteroatoms. The monoisotopic (exact) mass is 198 g/mol. The van der Waals surface area contributed by atoms with Crippen LogP contribution in [0.15, 0.2) is 4.99 Å². The Morgan fingerprint density at radius 3 is 2.69 bits per heavy atom. The summed E-state index contributed by atoms with van der Waals surface area (Å²) in [5.74, 6) is 2.84. The van der Waals surface area contributed by atoms with Crippen LogP contribution in [0.3, 0.4) is 0 Å². The quantitative estimate of drug-likeness (QED) is 0.698. The number of nitrogens with one attached hydrogen (secondary N) is 1. The van der Waals surface area contributed by atoms with Crippen molar-refractivity contribution in [1.82, 2.24) is 5.32 Å². The first-order valence-corrected chi connectivity index (χ1v) is 6.18. The van der Waals surface area contributed by atoms with Crippen LogP contribution in [0.25, 0.3) is 0 Å². The van der Waals surface area contributed by atoms with Crippen molar-refractivity contribution in [3.05, 3.63) is 0 Å². The van der Waals surface area contributed by atoms with Gasteiger partial charge in [0.25, 0.3) is 0 Å². The molecule has 0 bridgehead atoms. The molecule has 2 rings (SSSR count). The molecule has 1 saturated carbocycles. The molecule has 0 saturated heterocycles. The van der Waals surface area contributed by atoms with Crippen molar-refractivity contribution >= 4 is 16.9 Å². The highest BCUT2D eigenvalue weighted by Gasteiger charge is 2.28. The van der Waals surface area contributed by atoms with Crippen LogP contribution in [0, 0.1) is 11.8 Å². The third-order valence-electron chi connectivity index (χ3n) is 2.98. The summed E-state index contributed by atoms with van der Waals surface area (Å²) in [6.07, 6.45) is 2.71. The van der Waals surface area contributed by atoms with Crippen LogP contribution in [0.4, 0.5) is 0 Å². The van der Waals surface area contributed by atoms with Crippen molar-refractivity contribution in [1.29, 1.82) is 0 Å².